The molecule has 0 spiro atoms. The number of carbonyl (C=O) groups excluding carboxylic acids is 1. The number of halogens is 1. The summed E-state index contributed by atoms with van der Waals surface area (Å²) in [5.41, 5.74) is 6.22. The van der Waals surface area contributed by atoms with Crippen molar-refractivity contribution in [3.05, 3.63) is 29.6 Å². The van der Waals surface area contributed by atoms with Gasteiger partial charge in [0, 0.05) is 23.8 Å². The van der Waals surface area contributed by atoms with E-state index in [-0.39, 0.29) is 5.91 Å². The van der Waals surface area contributed by atoms with E-state index in [0.29, 0.717) is 23.8 Å². The molecule has 4 heteroatoms. The first-order chi connectivity index (χ1) is 8.61. The summed E-state index contributed by atoms with van der Waals surface area (Å²) >= 11 is 0. The molecule has 0 heterocycles. The molecule has 18 heavy (non-hydrogen) atoms. The maximum Gasteiger partial charge on any atom is 0.254 e. The van der Waals surface area contributed by atoms with Gasteiger partial charge in [-0.15, -0.1) is 0 Å². The van der Waals surface area contributed by atoms with Gasteiger partial charge in [0.2, 0.25) is 0 Å². The third-order valence-electron chi connectivity index (χ3n) is 3.53. The molecule has 1 aromatic rings. The molecule has 1 saturated carbocycles. The zero-order chi connectivity index (χ0) is 13.1. The van der Waals surface area contributed by atoms with Gasteiger partial charge in [-0.25, -0.2) is 4.39 Å². The monoisotopic (exact) mass is 250 g/mol. The number of benzene rings is 1. The fourth-order valence-corrected chi connectivity index (χ4v) is 2.69. The van der Waals surface area contributed by atoms with Crippen LogP contribution in [-0.2, 0) is 0 Å². The Morgan fingerprint density at radius 3 is 2.61 bits per heavy atom. The molecule has 2 N–H and O–H groups in total. The van der Waals surface area contributed by atoms with Crippen LogP contribution >= 0.6 is 0 Å². The first kappa shape index (κ1) is 12.9. The van der Waals surface area contributed by atoms with Crippen LogP contribution in [-0.4, -0.2) is 23.4 Å². The van der Waals surface area contributed by atoms with Crippen LogP contribution in [0, 0.1) is 5.82 Å². The molecule has 0 aliphatic heterocycles. The Balaban J connectivity index is 2.22. The van der Waals surface area contributed by atoms with Crippen LogP contribution in [0.4, 0.5) is 10.1 Å². The van der Waals surface area contributed by atoms with Crippen molar-refractivity contribution >= 4 is 11.6 Å². The average Bonchev–Trinajstić information content (AvgIpc) is 2.82. The quantitative estimate of drug-likeness (QED) is 0.838. The number of anilines is 1. The number of nitrogen functional groups attached to an aromatic ring is 1. The molecule has 0 unspecified atom stereocenters. The van der Waals surface area contributed by atoms with E-state index in [0.717, 1.165) is 12.8 Å². The molecule has 0 saturated heterocycles. The Kier molecular flexibility index (Phi) is 3.84. The number of hydrogen-bond donors (Lipinski definition) is 1. The SMILES string of the molecule is CCN(C(=O)c1cc(N)cc(F)c1)C1CCCC1. The van der Waals surface area contributed by atoms with Gasteiger partial charge in [-0.3, -0.25) is 4.79 Å². The van der Waals surface area contributed by atoms with E-state index < -0.39 is 5.82 Å². The molecule has 98 valence electrons. The van der Waals surface area contributed by atoms with Gasteiger partial charge in [0.05, 0.1) is 0 Å². The van der Waals surface area contributed by atoms with Crippen LogP contribution in [0.3, 0.4) is 0 Å². The molecule has 0 aromatic heterocycles. The third-order valence-corrected chi connectivity index (χ3v) is 3.53. The van der Waals surface area contributed by atoms with Crippen molar-refractivity contribution in [2.24, 2.45) is 0 Å². The Labute approximate surface area is 107 Å². The maximum atomic E-state index is 13.3. The standard InChI is InChI=1S/C14H19FN2O/c1-2-17(13-5-3-4-6-13)14(18)10-7-11(15)9-12(16)8-10/h7-9,13H,2-6,16H2,1H3. The Morgan fingerprint density at radius 2 is 2.06 bits per heavy atom. The van der Waals surface area contributed by atoms with Crippen LogP contribution in [0.2, 0.25) is 0 Å². The molecule has 1 amide bonds. The summed E-state index contributed by atoms with van der Waals surface area (Å²) in [6, 6.07) is 4.33. The van der Waals surface area contributed by atoms with E-state index in [1.807, 2.05) is 11.8 Å². The molecule has 3 nitrogen and oxygen atoms in total. The third kappa shape index (κ3) is 2.63. The zero-order valence-electron chi connectivity index (χ0n) is 10.7. The zero-order valence-corrected chi connectivity index (χ0v) is 10.7. The Morgan fingerprint density at radius 1 is 1.39 bits per heavy atom. The van der Waals surface area contributed by atoms with E-state index in [1.54, 1.807) is 6.07 Å². The fourth-order valence-electron chi connectivity index (χ4n) is 2.69. The van der Waals surface area contributed by atoms with Crippen molar-refractivity contribution in [2.75, 3.05) is 12.3 Å². The summed E-state index contributed by atoms with van der Waals surface area (Å²) in [6.45, 7) is 2.61. The van der Waals surface area contributed by atoms with Gasteiger partial charge in [-0.05, 0) is 38.0 Å². The molecule has 0 radical (unpaired) electrons. The maximum absolute atomic E-state index is 13.3. The van der Waals surface area contributed by atoms with Crippen molar-refractivity contribution in [1.29, 1.82) is 0 Å². The van der Waals surface area contributed by atoms with Gasteiger partial charge in [0.15, 0.2) is 0 Å². The van der Waals surface area contributed by atoms with Crippen LogP contribution < -0.4 is 5.73 Å². The van der Waals surface area contributed by atoms with Crippen molar-refractivity contribution < 1.29 is 9.18 Å². The lowest BCUT2D eigenvalue weighted by atomic mass is 10.1. The molecular formula is C14H19FN2O. The van der Waals surface area contributed by atoms with Crippen LogP contribution in [0.5, 0.6) is 0 Å². The first-order valence-electron chi connectivity index (χ1n) is 6.49. The highest BCUT2D eigenvalue weighted by molar-refractivity contribution is 5.95. The summed E-state index contributed by atoms with van der Waals surface area (Å²) in [5, 5.41) is 0. The number of rotatable bonds is 3. The van der Waals surface area contributed by atoms with Gasteiger partial charge in [0.25, 0.3) is 5.91 Å². The van der Waals surface area contributed by atoms with Gasteiger partial charge in [0.1, 0.15) is 5.82 Å². The van der Waals surface area contributed by atoms with Gasteiger partial charge >= 0.3 is 0 Å². The molecular weight excluding hydrogens is 231 g/mol. The highest BCUT2D eigenvalue weighted by Gasteiger charge is 2.26. The van der Waals surface area contributed by atoms with Gasteiger partial charge in [-0.1, -0.05) is 12.8 Å². The molecule has 1 aromatic carbocycles. The van der Waals surface area contributed by atoms with Crippen molar-refractivity contribution in [3.8, 4) is 0 Å². The minimum Gasteiger partial charge on any atom is -0.399 e. The predicted octanol–water partition coefficient (Wildman–Crippen LogP) is 2.81. The first-order valence-corrected chi connectivity index (χ1v) is 6.49. The van der Waals surface area contributed by atoms with E-state index in [2.05, 4.69) is 0 Å². The lowest BCUT2D eigenvalue weighted by Crippen LogP contribution is -2.38. The highest BCUT2D eigenvalue weighted by Crippen LogP contribution is 2.25. The Bertz CT molecular complexity index is 421. The van der Waals surface area contributed by atoms with E-state index in [9.17, 15) is 9.18 Å². The number of amides is 1. The topological polar surface area (TPSA) is 46.3 Å². The largest absolute Gasteiger partial charge is 0.399 e. The van der Waals surface area contributed by atoms with E-state index in [1.165, 1.54) is 25.0 Å². The lowest BCUT2D eigenvalue weighted by molar-refractivity contribution is 0.0693. The molecule has 2 rings (SSSR count). The second kappa shape index (κ2) is 5.38. The molecule has 1 fully saturated rings. The molecule has 1 aliphatic carbocycles. The van der Waals surface area contributed by atoms with Gasteiger partial charge < -0.3 is 10.6 Å². The van der Waals surface area contributed by atoms with E-state index >= 15 is 0 Å². The predicted molar refractivity (Wildman–Crippen MR) is 69.8 cm³/mol. The molecule has 0 atom stereocenters. The van der Waals surface area contributed by atoms with E-state index in [4.69, 9.17) is 5.73 Å². The summed E-state index contributed by atoms with van der Waals surface area (Å²) in [5.74, 6) is -0.573. The second-order valence-electron chi connectivity index (χ2n) is 4.80. The van der Waals surface area contributed by atoms with Crippen molar-refractivity contribution in [2.45, 2.75) is 38.6 Å². The molecule has 1 aliphatic rings. The number of nitrogens with two attached hydrogens (primary N) is 1. The number of carbonyl (C=O) groups is 1. The summed E-state index contributed by atoms with van der Waals surface area (Å²) < 4.78 is 13.3. The normalized spacial score (nSPS) is 15.9. The smallest absolute Gasteiger partial charge is 0.254 e. The highest BCUT2D eigenvalue weighted by atomic mass is 19.1. The summed E-state index contributed by atoms with van der Waals surface area (Å²) in [6.07, 6.45) is 4.42. The summed E-state index contributed by atoms with van der Waals surface area (Å²) in [4.78, 5) is 14.2. The minimum atomic E-state index is -0.458. The summed E-state index contributed by atoms with van der Waals surface area (Å²) in [7, 11) is 0. The minimum absolute atomic E-state index is 0.115. The van der Waals surface area contributed by atoms with Crippen LogP contribution in [0.15, 0.2) is 18.2 Å². The Hall–Kier alpha value is -1.58. The lowest BCUT2D eigenvalue weighted by Gasteiger charge is -2.27. The fraction of sp³-hybridized carbons (Fsp3) is 0.500. The average molecular weight is 250 g/mol. The van der Waals surface area contributed by atoms with Crippen molar-refractivity contribution in [3.63, 3.8) is 0 Å². The second-order valence-corrected chi connectivity index (χ2v) is 4.80. The number of hydrogen-bond acceptors (Lipinski definition) is 2. The van der Waals surface area contributed by atoms with Gasteiger partial charge in [-0.2, -0.15) is 0 Å². The number of nitrogens with zero attached hydrogens (tertiary/aromatic N) is 1. The molecule has 0 bridgehead atoms. The van der Waals surface area contributed by atoms with Crippen molar-refractivity contribution in [1.82, 2.24) is 4.90 Å². The van der Waals surface area contributed by atoms with Crippen LogP contribution in [0.25, 0.3) is 0 Å². The van der Waals surface area contributed by atoms with Crippen LogP contribution in [0.1, 0.15) is 43.0 Å².